The lowest BCUT2D eigenvalue weighted by atomic mass is 10.1. The second kappa shape index (κ2) is 6.00. The second-order valence-electron chi connectivity index (χ2n) is 5.02. The Bertz CT molecular complexity index is 376. The molecule has 0 bridgehead atoms. The van der Waals surface area contributed by atoms with Crippen molar-refractivity contribution >= 4 is 11.9 Å². The zero-order valence-corrected chi connectivity index (χ0v) is 11.6. The van der Waals surface area contributed by atoms with Gasteiger partial charge in [0.25, 0.3) is 0 Å². The summed E-state index contributed by atoms with van der Waals surface area (Å²) in [5.74, 6) is -1.23. The van der Waals surface area contributed by atoms with E-state index in [0.717, 1.165) is 19.4 Å². The highest BCUT2D eigenvalue weighted by Gasteiger charge is 2.25. The third kappa shape index (κ3) is 3.32. The summed E-state index contributed by atoms with van der Waals surface area (Å²) in [5.41, 5.74) is 0.428. The molecule has 1 aliphatic rings. The van der Waals surface area contributed by atoms with Gasteiger partial charge in [0.2, 0.25) is 5.91 Å². The Labute approximate surface area is 108 Å². The summed E-state index contributed by atoms with van der Waals surface area (Å²) in [6, 6.07) is 0.386. The Hall–Kier alpha value is -1.36. The predicted molar refractivity (Wildman–Crippen MR) is 69.3 cm³/mol. The summed E-state index contributed by atoms with van der Waals surface area (Å²) in [7, 11) is 3.79. The molecule has 0 aromatic rings. The smallest absolute Gasteiger partial charge is 0.331 e. The van der Waals surface area contributed by atoms with Crippen LogP contribution < -0.4 is 0 Å². The minimum Gasteiger partial charge on any atom is -0.478 e. The van der Waals surface area contributed by atoms with Crippen LogP contribution in [0.15, 0.2) is 11.1 Å². The third-order valence-electron chi connectivity index (χ3n) is 3.71. The first-order valence-electron chi connectivity index (χ1n) is 6.21. The zero-order valence-electron chi connectivity index (χ0n) is 11.6. The van der Waals surface area contributed by atoms with Crippen LogP contribution in [0.4, 0.5) is 0 Å². The summed E-state index contributed by atoms with van der Waals surface area (Å²) in [6.07, 6.45) is 2.25. The van der Waals surface area contributed by atoms with E-state index >= 15 is 0 Å². The van der Waals surface area contributed by atoms with Gasteiger partial charge in [-0.3, -0.25) is 4.79 Å². The highest BCUT2D eigenvalue weighted by atomic mass is 16.4. The molecule has 0 aromatic heterocycles. The number of amides is 1. The maximum atomic E-state index is 12.1. The Morgan fingerprint density at radius 2 is 1.94 bits per heavy atom. The molecule has 18 heavy (non-hydrogen) atoms. The largest absolute Gasteiger partial charge is 0.478 e. The van der Waals surface area contributed by atoms with Crippen LogP contribution in [0.2, 0.25) is 0 Å². The van der Waals surface area contributed by atoms with Crippen molar-refractivity contribution in [3.05, 3.63) is 11.1 Å². The van der Waals surface area contributed by atoms with Crippen molar-refractivity contribution in [2.24, 2.45) is 0 Å². The van der Waals surface area contributed by atoms with E-state index in [1.165, 1.54) is 6.92 Å². The number of aliphatic carboxylic acids is 1. The van der Waals surface area contributed by atoms with E-state index in [9.17, 15) is 9.59 Å². The summed E-state index contributed by atoms with van der Waals surface area (Å²) in [4.78, 5) is 26.8. The number of rotatable bonds is 4. The maximum absolute atomic E-state index is 12.1. The predicted octanol–water partition coefficient (Wildman–Crippen LogP) is 0.960. The van der Waals surface area contributed by atoms with Crippen molar-refractivity contribution in [2.45, 2.75) is 32.7 Å². The molecule has 0 spiro atoms. The lowest BCUT2D eigenvalue weighted by Crippen LogP contribution is -2.40. The van der Waals surface area contributed by atoms with E-state index in [-0.39, 0.29) is 11.5 Å². The van der Waals surface area contributed by atoms with Crippen molar-refractivity contribution in [3.63, 3.8) is 0 Å². The molecule has 5 nitrogen and oxygen atoms in total. The number of carboxylic acids is 1. The van der Waals surface area contributed by atoms with E-state index in [1.807, 2.05) is 0 Å². The fraction of sp³-hybridized carbons (Fsp3) is 0.692. The van der Waals surface area contributed by atoms with E-state index in [0.29, 0.717) is 18.2 Å². The fourth-order valence-corrected chi connectivity index (χ4v) is 2.22. The Kier molecular flexibility index (Phi) is 4.90. The Morgan fingerprint density at radius 3 is 2.39 bits per heavy atom. The maximum Gasteiger partial charge on any atom is 0.331 e. The molecule has 1 saturated heterocycles. The van der Waals surface area contributed by atoms with E-state index < -0.39 is 5.97 Å². The lowest BCUT2D eigenvalue weighted by Gasteiger charge is -2.26. The molecule has 1 rings (SSSR count). The summed E-state index contributed by atoms with van der Waals surface area (Å²) < 4.78 is 0. The van der Waals surface area contributed by atoms with Crippen molar-refractivity contribution in [1.29, 1.82) is 0 Å². The van der Waals surface area contributed by atoms with Gasteiger partial charge in [0.15, 0.2) is 0 Å². The third-order valence-corrected chi connectivity index (χ3v) is 3.71. The zero-order chi connectivity index (χ0) is 13.9. The van der Waals surface area contributed by atoms with E-state index in [4.69, 9.17) is 5.11 Å². The van der Waals surface area contributed by atoms with Gasteiger partial charge in [-0.2, -0.15) is 0 Å². The molecule has 1 fully saturated rings. The summed E-state index contributed by atoms with van der Waals surface area (Å²) in [5, 5.41) is 8.87. The van der Waals surface area contributed by atoms with Gasteiger partial charge in [0.1, 0.15) is 0 Å². The first-order chi connectivity index (χ1) is 8.34. The SMILES string of the molecule is CC(C(=O)O)=C(C)C(=O)N(C)CC1CCCN1C. The molecule has 0 saturated carbocycles. The molecule has 1 aliphatic heterocycles. The molecule has 1 heterocycles. The average Bonchev–Trinajstić information content (AvgIpc) is 2.71. The van der Waals surface area contributed by atoms with Crippen molar-refractivity contribution in [3.8, 4) is 0 Å². The van der Waals surface area contributed by atoms with Crippen molar-refractivity contribution < 1.29 is 14.7 Å². The number of likely N-dealkylation sites (tertiary alicyclic amines) is 1. The molecule has 1 atom stereocenters. The molecule has 5 heteroatoms. The van der Waals surface area contributed by atoms with Crippen LogP contribution in [-0.4, -0.2) is 60.0 Å². The van der Waals surface area contributed by atoms with Gasteiger partial charge in [0, 0.05) is 30.8 Å². The number of carbonyl (C=O) groups excluding carboxylic acids is 1. The van der Waals surface area contributed by atoms with Crippen LogP contribution in [0, 0.1) is 0 Å². The normalized spacial score (nSPS) is 21.7. The van der Waals surface area contributed by atoms with Crippen LogP contribution in [0.3, 0.4) is 0 Å². The molecule has 102 valence electrons. The van der Waals surface area contributed by atoms with Gasteiger partial charge in [-0.15, -0.1) is 0 Å². The number of hydrogen-bond donors (Lipinski definition) is 1. The van der Waals surface area contributed by atoms with Crippen LogP contribution in [-0.2, 0) is 9.59 Å². The van der Waals surface area contributed by atoms with Crippen molar-refractivity contribution in [1.82, 2.24) is 9.80 Å². The molecule has 0 aliphatic carbocycles. The minimum absolute atomic E-state index is 0.117. The first kappa shape index (κ1) is 14.7. The Balaban J connectivity index is 2.67. The van der Waals surface area contributed by atoms with Crippen LogP contribution in [0.5, 0.6) is 0 Å². The summed E-state index contributed by atoms with van der Waals surface area (Å²) >= 11 is 0. The lowest BCUT2D eigenvalue weighted by molar-refractivity contribution is -0.133. The van der Waals surface area contributed by atoms with Gasteiger partial charge >= 0.3 is 5.97 Å². The van der Waals surface area contributed by atoms with Crippen LogP contribution >= 0.6 is 0 Å². The summed E-state index contributed by atoms with van der Waals surface area (Å²) in [6.45, 7) is 4.75. The first-order valence-corrected chi connectivity index (χ1v) is 6.21. The minimum atomic E-state index is -1.03. The van der Waals surface area contributed by atoms with E-state index in [2.05, 4.69) is 11.9 Å². The Morgan fingerprint density at radius 1 is 1.33 bits per heavy atom. The van der Waals surface area contributed by atoms with Crippen LogP contribution in [0.1, 0.15) is 26.7 Å². The van der Waals surface area contributed by atoms with Crippen LogP contribution in [0.25, 0.3) is 0 Å². The van der Waals surface area contributed by atoms with Gasteiger partial charge < -0.3 is 14.9 Å². The quantitative estimate of drug-likeness (QED) is 0.759. The molecular formula is C13H22N2O3. The molecule has 0 radical (unpaired) electrons. The van der Waals surface area contributed by atoms with E-state index in [1.54, 1.807) is 18.9 Å². The molecule has 1 N–H and O–H groups in total. The highest BCUT2D eigenvalue weighted by molar-refractivity contribution is 6.01. The number of carbonyl (C=O) groups is 2. The number of nitrogens with zero attached hydrogens (tertiary/aromatic N) is 2. The van der Waals surface area contributed by atoms with Gasteiger partial charge in [-0.25, -0.2) is 4.79 Å². The molecular weight excluding hydrogens is 232 g/mol. The van der Waals surface area contributed by atoms with Gasteiger partial charge in [-0.1, -0.05) is 0 Å². The monoisotopic (exact) mass is 254 g/mol. The fourth-order valence-electron chi connectivity index (χ4n) is 2.22. The second-order valence-corrected chi connectivity index (χ2v) is 5.02. The molecule has 0 aromatic carbocycles. The standard InChI is InChI=1S/C13H22N2O3/c1-9(10(2)13(17)18)12(16)15(4)8-11-6-5-7-14(11)3/h11H,5-8H2,1-4H3,(H,17,18). The number of carboxylic acid groups (broad SMARTS) is 1. The van der Waals surface area contributed by atoms with Crippen molar-refractivity contribution in [2.75, 3.05) is 27.2 Å². The molecule has 1 unspecified atom stereocenters. The average molecular weight is 254 g/mol. The van der Waals surface area contributed by atoms with Gasteiger partial charge in [0.05, 0.1) is 0 Å². The highest BCUT2D eigenvalue weighted by Crippen LogP contribution is 2.16. The number of hydrogen-bond acceptors (Lipinski definition) is 3. The van der Waals surface area contributed by atoms with Gasteiger partial charge in [-0.05, 0) is 40.3 Å². The number of likely N-dealkylation sites (N-methyl/N-ethyl adjacent to an activating group) is 2. The topological polar surface area (TPSA) is 60.9 Å². The molecule has 1 amide bonds.